The molecular weight excluding hydrogens is 230 g/mol. The van der Waals surface area contributed by atoms with E-state index in [0.29, 0.717) is 5.75 Å². The highest BCUT2D eigenvalue weighted by Crippen LogP contribution is 2.31. The second kappa shape index (κ2) is 4.01. The van der Waals surface area contributed by atoms with Crippen LogP contribution in [-0.2, 0) is 6.42 Å². The van der Waals surface area contributed by atoms with E-state index in [1.54, 1.807) is 12.1 Å². The van der Waals surface area contributed by atoms with E-state index in [1.807, 2.05) is 19.0 Å². The van der Waals surface area contributed by atoms with Crippen molar-refractivity contribution in [2.24, 2.45) is 0 Å². The molecule has 0 amide bonds. The topological polar surface area (TPSA) is 23.5 Å². The molecule has 2 nitrogen and oxygen atoms in total. The zero-order valence-electron chi connectivity index (χ0n) is 8.13. The first-order chi connectivity index (χ1) is 6.06. The van der Waals surface area contributed by atoms with Gasteiger partial charge in [0, 0.05) is 30.3 Å². The Morgan fingerprint density at radius 3 is 2.46 bits per heavy atom. The SMILES string of the molecule is CCc1c(Br)cc(O)cc1N(C)C. The average molecular weight is 244 g/mol. The first-order valence-corrected chi connectivity index (χ1v) is 5.04. The molecule has 13 heavy (non-hydrogen) atoms. The third-order valence-corrected chi connectivity index (χ3v) is 2.70. The predicted molar refractivity (Wildman–Crippen MR) is 59.5 cm³/mol. The van der Waals surface area contributed by atoms with Gasteiger partial charge in [0.2, 0.25) is 0 Å². The second-order valence-corrected chi connectivity index (χ2v) is 4.03. The Kier molecular flexibility index (Phi) is 3.20. The summed E-state index contributed by atoms with van der Waals surface area (Å²) in [7, 11) is 3.95. The summed E-state index contributed by atoms with van der Waals surface area (Å²) in [6.45, 7) is 2.10. The van der Waals surface area contributed by atoms with Crippen molar-refractivity contribution in [3.63, 3.8) is 0 Å². The number of benzene rings is 1. The van der Waals surface area contributed by atoms with Crippen LogP contribution in [0.3, 0.4) is 0 Å². The molecule has 0 bridgehead atoms. The molecule has 0 aromatic heterocycles. The minimum absolute atomic E-state index is 0.299. The van der Waals surface area contributed by atoms with Crippen LogP contribution in [-0.4, -0.2) is 19.2 Å². The molecular formula is C10H14BrNO. The summed E-state index contributed by atoms with van der Waals surface area (Å²) in [5.41, 5.74) is 2.29. The van der Waals surface area contributed by atoms with Crippen LogP contribution in [0.25, 0.3) is 0 Å². The third kappa shape index (κ3) is 2.15. The molecule has 0 unspecified atom stereocenters. The number of rotatable bonds is 2. The van der Waals surface area contributed by atoms with Crippen LogP contribution in [0, 0.1) is 0 Å². The zero-order valence-corrected chi connectivity index (χ0v) is 9.72. The van der Waals surface area contributed by atoms with E-state index < -0.39 is 0 Å². The fourth-order valence-corrected chi connectivity index (χ4v) is 2.08. The Bertz CT molecular complexity index is 310. The molecule has 1 aromatic carbocycles. The van der Waals surface area contributed by atoms with E-state index in [0.717, 1.165) is 16.6 Å². The Hall–Kier alpha value is -0.700. The summed E-state index contributed by atoms with van der Waals surface area (Å²) < 4.78 is 0.971. The van der Waals surface area contributed by atoms with Crippen LogP contribution in [0.1, 0.15) is 12.5 Å². The Labute approximate surface area is 87.3 Å². The molecule has 0 heterocycles. The smallest absolute Gasteiger partial charge is 0.118 e. The second-order valence-electron chi connectivity index (χ2n) is 3.17. The molecule has 0 atom stereocenters. The van der Waals surface area contributed by atoms with Crippen molar-refractivity contribution in [3.8, 4) is 5.75 Å². The molecule has 1 aromatic rings. The van der Waals surface area contributed by atoms with Gasteiger partial charge in [0.15, 0.2) is 0 Å². The monoisotopic (exact) mass is 243 g/mol. The first-order valence-electron chi connectivity index (χ1n) is 4.25. The summed E-state index contributed by atoms with van der Waals surface area (Å²) in [6.07, 6.45) is 0.953. The molecule has 0 saturated carbocycles. The molecule has 0 aliphatic carbocycles. The fraction of sp³-hybridized carbons (Fsp3) is 0.400. The molecule has 0 spiro atoms. The van der Waals surface area contributed by atoms with E-state index in [2.05, 4.69) is 22.9 Å². The van der Waals surface area contributed by atoms with Crippen molar-refractivity contribution in [2.75, 3.05) is 19.0 Å². The van der Waals surface area contributed by atoms with Crippen LogP contribution >= 0.6 is 15.9 Å². The van der Waals surface area contributed by atoms with E-state index in [9.17, 15) is 5.11 Å². The highest BCUT2D eigenvalue weighted by Gasteiger charge is 2.08. The average Bonchev–Trinajstić information content (AvgIpc) is 2.02. The van der Waals surface area contributed by atoms with Gasteiger partial charge < -0.3 is 10.0 Å². The molecule has 0 radical (unpaired) electrons. The first kappa shape index (κ1) is 10.4. The van der Waals surface area contributed by atoms with Gasteiger partial charge in [-0.15, -0.1) is 0 Å². The Morgan fingerprint density at radius 2 is 2.00 bits per heavy atom. The standard InChI is InChI=1S/C10H14BrNO/c1-4-8-9(11)5-7(13)6-10(8)12(2)3/h5-6,13H,4H2,1-3H3. The van der Waals surface area contributed by atoms with Gasteiger partial charge in [-0.1, -0.05) is 22.9 Å². The van der Waals surface area contributed by atoms with Gasteiger partial charge in [-0.05, 0) is 18.1 Å². The number of halogens is 1. The molecule has 1 rings (SSSR count). The number of phenolic OH excluding ortho intramolecular Hbond substituents is 1. The maximum Gasteiger partial charge on any atom is 0.118 e. The highest BCUT2D eigenvalue weighted by molar-refractivity contribution is 9.10. The summed E-state index contributed by atoms with van der Waals surface area (Å²) in [5, 5.41) is 9.41. The summed E-state index contributed by atoms with van der Waals surface area (Å²) >= 11 is 3.44. The molecule has 1 N–H and O–H groups in total. The lowest BCUT2D eigenvalue weighted by molar-refractivity contribution is 0.474. The van der Waals surface area contributed by atoms with Crippen LogP contribution < -0.4 is 4.90 Å². The summed E-state index contributed by atoms with van der Waals surface area (Å²) in [5.74, 6) is 0.299. The van der Waals surface area contributed by atoms with Gasteiger partial charge >= 0.3 is 0 Å². The minimum atomic E-state index is 0.299. The van der Waals surface area contributed by atoms with Crippen LogP contribution in [0.15, 0.2) is 16.6 Å². The van der Waals surface area contributed by atoms with Gasteiger partial charge in [-0.25, -0.2) is 0 Å². The summed E-state index contributed by atoms with van der Waals surface area (Å²) in [4.78, 5) is 2.00. The van der Waals surface area contributed by atoms with Crippen LogP contribution in [0.5, 0.6) is 5.75 Å². The van der Waals surface area contributed by atoms with Crippen molar-refractivity contribution in [3.05, 3.63) is 22.2 Å². The number of hydrogen-bond acceptors (Lipinski definition) is 2. The van der Waals surface area contributed by atoms with Gasteiger partial charge in [-0.2, -0.15) is 0 Å². The molecule has 3 heteroatoms. The predicted octanol–water partition coefficient (Wildman–Crippen LogP) is 2.78. The molecule has 0 fully saturated rings. The fourth-order valence-electron chi connectivity index (χ4n) is 1.36. The van der Waals surface area contributed by atoms with E-state index in [4.69, 9.17) is 0 Å². The van der Waals surface area contributed by atoms with Crippen molar-refractivity contribution >= 4 is 21.6 Å². The van der Waals surface area contributed by atoms with Crippen LogP contribution in [0.4, 0.5) is 5.69 Å². The maximum atomic E-state index is 9.41. The van der Waals surface area contributed by atoms with Crippen molar-refractivity contribution in [2.45, 2.75) is 13.3 Å². The van der Waals surface area contributed by atoms with Gasteiger partial charge in [0.25, 0.3) is 0 Å². The number of phenols is 1. The van der Waals surface area contributed by atoms with E-state index in [1.165, 1.54) is 5.56 Å². The Balaban J connectivity index is 3.29. The minimum Gasteiger partial charge on any atom is -0.508 e. The number of nitrogens with zero attached hydrogens (tertiary/aromatic N) is 1. The van der Waals surface area contributed by atoms with E-state index >= 15 is 0 Å². The van der Waals surface area contributed by atoms with Gasteiger partial charge in [0.1, 0.15) is 5.75 Å². The lowest BCUT2D eigenvalue weighted by Gasteiger charge is -2.18. The third-order valence-electron chi connectivity index (χ3n) is 1.99. The number of anilines is 1. The molecule has 0 aliphatic heterocycles. The van der Waals surface area contributed by atoms with Gasteiger partial charge in [0.05, 0.1) is 0 Å². The molecule has 0 saturated heterocycles. The lowest BCUT2D eigenvalue weighted by Crippen LogP contribution is -2.11. The zero-order chi connectivity index (χ0) is 10.0. The quantitative estimate of drug-likeness (QED) is 0.864. The molecule has 72 valence electrons. The van der Waals surface area contributed by atoms with Crippen molar-refractivity contribution in [1.82, 2.24) is 0 Å². The van der Waals surface area contributed by atoms with Gasteiger partial charge in [-0.3, -0.25) is 0 Å². The number of aromatic hydroxyl groups is 1. The number of hydrogen-bond donors (Lipinski definition) is 1. The summed E-state index contributed by atoms with van der Waals surface area (Å²) in [6, 6.07) is 3.51. The lowest BCUT2D eigenvalue weighted by atomic mass is 10.1. The Morgan fingerprint density at radius 1 is 1.38 bits per heavy atom. The maximum absolute atomic E-state index is 9.41. The normalized spacial score (nSPS) is 10.2. The molecule has 0 aliphatic rings. The highest BCUT2D eigenvalue weighted by atomic mass is 79.9. The van der Waals surface area contributed by atoms with E-state index in [-0.39, 0.29) is 0 Å². The van der Waals surface area contributed by atoms with Crippen LogP contribution in [0.2, 0.25) is 0 Å². The largest absolute Gasteiger partial charge is 0.508 e. The van der Waals surface area contributed by atoms with Crippen molar-refractivity contribution < 1.29 is 5.11 Å². The van der Waals surface area contributed by atoms with Crippen molar-refractivity contribution in [1.29, 1.82) is 0 Å².